The van der Waals surface area contributed by atoms with Gasteiger partial charge in [0.2, 0.25) is 0 Å². The average molecular weight is 324 g/mol. The molecule has 0 aliphatic carbocycles. The summed E-state index contributed by atoms with van der Waals surface area (Å²) in [5, 5.41) is 9.95. The number of benzene rings is 1. The van der Waals surface area contributed by atoms with Crippen molar-refractivity contribution >= 4 is 35.2 Å². The van der Waals surface area contributed by atoms with Gasteiger partial charge in [-0.1, -0.05) is 41.9 Å². The van der Waals surface area contributed by atoms with E-state index in [0.29, 0.717) is 21.8 Å². The van der Waals surface area contributed by atoms with Gasteiger partial charge in [0, 0.05) is 16.8 Å². The van der Waals surface area contributed by atoms with E-state index in [2.05, 4.69) is 11.6 Å². The molecule has 4 nitrogen and oxygen atoms in total. The Bertz CT molecular complexity index is 809. The second-order valence-electron chi connectivity index (χ2n) is 4.38. The van der Waals surface area contributed by atoms with Gasteiger partial charge in [-0.25, -0.2) is 4.79 Å². The highest BCUT2D eigenvalue weighted by atomic mass is 35.5. The fourth-order valence-electron chi connectivity index (χ4n) is 2.15. The van der Waals surface area contributed by atoms with Crippen LogP contribution in [-0.4, -0.2) is 16.1 Å². The van der Waals surface area contributed by atoms with Gasteiger partial charge in [0.1, 0.15) is 5.56 Å². The van der Waals surface area contributed by atoms with Crippen molar-refractivity contribution in [2.45, 2.75) is 6.92 Å². The van der Waals surface area contributed by atoms with E-state index in [9.17, 15) is 14.7 Å². The van der Waals surface area contributed by atoms with Gasteiger partial charge in [0.15, 0.2) is 0 Å². The van der Waals surface area contributed by atoms with Gasteiger partial charge in [-0.2, -0.15) is 0 Å². The topological polar surface area (TPSA) is 70.2 Å². The van der Waals surface area contributed by atoms with Crippen LogP contribution in [0.5, 0.6) is 0 Å². The molecular formula is C15H11Cl2NO3. The van der Waals surface area contributed by atoms with Crippen molar-refractivity contribution in [1.82, 2.24) is 4.98 Å². The number of hydrogen-bond acceptors (Lipinski definition) is 2. The Labute approximate surface area is 130 Å². The van der Waals surface area contributed by atoms with Crippen LogP contribution in [-0.2, 0) is 0 Å². The van der Waals surface area contributed by atoms with E-state index >= 15 is 0 Å². The lowest BCUT2D eigenvalue weighted by atomic mass is 9.94. The largest absolute Gasteiger partial charge is 0.477 e. The monoisotopic (exact) mass is 323 g/mol. The normalized spacial score (nSPS) is 10.4. The van der Waals surface area contributed by atoms with Crippen molar-refractivity contribution in [2.75, 3.05) is 0 Å². The number of aromatic carboxylic acids is 1. The molecule has 0 aliphatic rings. The van der Waals surface area contributed by atoms with E-state index in [4.69, 9.17) is 23.2 Å². The number of rotatable bonds is 3. The summed E-state index contributed by atoms with van der Waals surface area (Å²) in [5.74, 6) is -1.32. The Balaban J connectivity index is 2.94. The lowest BCUT2D eigenvalue weighted by Gasteiger charge is -2.13. The first-order valence-corrected chi connectivity index (χ1v) is 6.70. The van der Waals surface area contributed by atoms with Crippen molar-refractivity contribution in [2.24, 2.45) is 0 Å². The van der Waals surface area contributed by atoms with Crippen LogP contribution in [0.3, 0.4) is 0 Å². The van der Waals surface area contributed by atoms with Gasteiger partial charge in [-0.15, -0.1) is 0 Å². The van der Waals surface area contributed by atoms with Crippen LogP contribution in [0.15, 0.2) is 29.6 Å². The van der Waals surface area contributed by atoms with Gasteiger partial charge >= 0.3 is 5.97 Å². The number of aryl methyl sites for hydroxylation is 1. The highest BCUT2D eigenvalue weighted by molar-refractivity contribution is 6.42. The number of carboxylic acid groups (broad SMARTS) is 1. The highest BCUT2D eigenvalue weighted by Gasteiger charge is 2.21. The smallest absolute Gasteiger partial charge is 0.342 e. The summed E-state index contributed by atoms with van der Waals surface area (Å²) in [7, 11) is 0. The zero-order valence-electron chi connectivity index (χ0n) is 11.0. The first-order valence-electron chi connectivity index (χ1n) is 5.94. The molecule has 6 heteroatoms. The maximum atomic E-state index is 12.0. The molecule has 1 heterocycles. The quantitative estimate of drug-likeness (QED) is 0.896. The van der Waals surface area contributed by atoms with Crippen LogP contribution in [0, 0.1) is 6.92 Å². The van der Waals surface area contributed by atoms with Crippen LogP contribution in [0.2, 0.25) is 10.0 Å². The third-order valence-electron chi connectivity index (χ3n) is 3.08. The summed E-state index contributed by atoms with van der Waals surface area (Å²) >= 11 is 11.8. The Hall–Kier alpha value is -2.04. The summed E-state index contributed by atoms with van der Waals surface area (Å²) in [6.45, 7) is 5.35. The number of aromatic amines is 1. The van der Waals surface area contributed by atoms with Crippen LogP contribution in [0.1, 0.15) is 21.6 Å². The Morgan fingerprint density at radius 1 is 1.33 bits per heavy atom. The molecule has 0 radical (unpaired) electrons. The molecule has 0 amide bonds. The predicted molar refractivity (Wildman–Crippen MR) is 84.3 cm³/mol. The van der Waals surface area contributed by atoms with Gasteiger partial charge in [-0.05, 0) is 24.6 Å². The minimum Gasteiger partial charge on any atom is -0.477 e. The molecule has 0 atom stereocenters. The summed E-state index contributed by atoms with van der Waals surface area (Å²) in [6.07, 6.45) is 1.50. The molecule has 0 saturated heterocycles. The van der Waals surface area contributed by atoms with Gasteiger partial charge in [0.05, 0.1) is 10.0 Å². The first kappa shape index (κ1) is 15.4. The molecule has 0 unspecified atom stereocenters. The third kappa shape index (κ3) is 2.73. The molecule has 2 aromatic rings. The van der Waals surface area contributed by atoms with E-state index in [0.717, 1.165) is 0 Å². The summed E-state index contributed by atoms with van der Waals surface area (Å²) < 4.78 is 0. The van der Waals surface area contributed by atoms with Crippen LogP contribution < -0.4 is 5.56 Å². The molecule has 2 N–H and O–H groups in total. The number of hydrogen-bond donors (Lipinski definition) is 2. The summed E-state index contributed by atoms with van der Waals surface area (Å²) in [6, 6.07) is 4.69. The predicted octanol–water partition coefficient (Wildman–Crippen LogP) is 4.00. The minimum atomic E-state index is -1.32. The zero-order valence-corrected chi connectivity index (χ0v) is 12.5. The number of carboxylic acids is 1. The molecule has 0 saturated carbocycles. The van der Waals surface area contributed by atoms with Crippen LogP contribution >= 0.6 is 23.2 Å². The fourth-order valence-corrected chi connectivity index (χ4v) is 2.44. The number of H-pyrrole nitrogens is 1. The molecule has 2 rings (SSSR count). The van der Waals surface area contributed by atoms with Crippen molar-refractivity contribution < 1.29 is 9.90 Å². The van der Waals surface area contributed by atoms with E-state index in [-0.39, 0.29) is 16.1 Å². The number of nitrogens with one attached hydrogen (secondary N) is 1. The molecule has 1 aromatic carbocycles. The molecule has 0 aliphatic heterocycles. The summed E-state index contributed by atoms with van der Waals surface area (Å²) in [4.78, 5) is 25.9. The van der Waals surface area contributed by atoms with Gasteiger partial charge in [0.25, 0.3) is 5.56 Å². The number of halogens is 2. The molecule has 1 aromatic heterocycles. The minimum absolute atomic E-state index is 0.275. The van der Waals surface area contributed by atoms with E-state index in [1.807, 2.05) is 0 Å². The Kier molecular flexibility index (Phi) is 4.21. The maximum absolute atomic E-state index is 12.0. The zero-order chi connectivity index (χ0) is 15.7. The van der Waals surface area contributed by atoms with Crippen LogP contribution in [0.4, 0.5) is 0 Å². The molecule has 0 bridgehead atoms. The number of aromatic nitrogens is 1. The molecule has 21 heavy (non-hydrogen) atoms. The number of carbonyl (C=O) groups is 1. The van der Waals surface area contributed by atoms with E-state index < -0.39 is 11.5 Å². The SMILES string of the molecule is C=Cc1c(C)[nH]c(=O)c(C(=O)O)c1-c1ccc(Cl)c(Cl)c1. The lowest BCUT2D eigenvalue weighted by molar-refractivity contribution is 0.0696. The van der Waals surface area contributed by atoms with E-state index in [1.54, 1.807) is 19.1 Å². The van der Waals surface area contributed by atoms with Gasteiger partial charge < -0.3 is 10.1 Å². The third-order valence-corrected chi connectivity index (χ3v) is 3.82. The Morgan fingerprint density at radius 2 is 2.00 bits per heavy atom. The van der Waals surface area contributed by atoms with Crippen molar-refractivity contribution in [3.8, 4) is 11.1 Å². The second-order valence-corrected chi connectivity index (χ2v) is 5.20. The second kappa shape index (κ2) is 5.76. The number of pyridine rings is 1. The molecule has 0 spiro atoms. The molecule has 0 fully saturated rings. The maximum Gasteiger partial charge on any atom is 0.342 e. The lowest BCUT2D eigenvalue weighted by Crippen LogP contribution is -2.21. The highest BCUT2D eigenvalue weighted by Crippen LogP contribution is 2.33. The van der Waals surface area contributed by atoms with E-state index in [1.165, 1.54) is 12.1 Å². The van der Waals surface area contributed by atoms with Crippen molar-refractivity contribution in [3.63, 3.8) is 0 Å². The van der Waals surface area contributed by atoms with Crippen molar-refractivity contribution in [1.29, 1.82) is 0 Å². The van der Waals surface area contributed by atoms with Crippen LogP contribution in [0.25, 0.3) is 17.2 Å². The molecular weight excluding hydrogens is 313 g/mol. The van der Waals surface area contributed by atoms with Gasteiger partial charge in [-0.3, -0.25) is 4.79 Å². The Morgan fingerprint density at radius 3 is 2.52 bits per heavy atom. The molecule has 108 valence electrons. The average Bonchev–Trinajstić information content (AvgIpc) is 2.40. The van der Waals surface area contributed by atoms with Crippen molar-refractivity contribution in [3.05, 3.63) is 62.0 Å². The fraction of sp³-hybridized carbons (Fsp3) is 0.0667. The summed E-state index contributed by atoms with van der Waals surface area (Å²) in [5.41, 5.74) is 0.801. The first-order chi connectivity index (χ1) is 9.86. The standard InChI is InChI=1S/C15H11Cl2NO3/c1-3-9-7(2)18-14(19)13(15(20)21)12(9)8-4-5-10(16)11(17)6-8/h3-6H,1H2,2H3,(H,18,19)(H,20,21).